The van der Waals surface area contributed by atoms with Crippen molar-refractivity contribution in [1.82, 2.24) is 10.6 Å². The predicted molar refractivity (Wildman–Crippen MR) is 73.6 cm³/mol. The summed E-state index contributed by atoms with van der Waals surface area (Å²) < 4.78 is 0. The molecule has 0 radical (unpaired) electrons. The molecule has 0 fully saturated rings. The second-order valence-corrected chi connectivity index (χ2v) is 5.12. The second-order valence-electron chi connectivity index (χ2n) is 5.12. The quantitative estimate of drug-likeness (QED) is 0.673. The third-order valence-corrected chi connectivity index (χ3v) is 4.08. The van der Waals surface area contributed by atoms with Crippen LogP contribution >= 0.6 is 0 Å². The van der Waals surface area contributed by atoms with Crippen LogP contribution in [-0.4, -0.2) is 13.1 Å². The molecule has 2 atom stereocenters. The number of hydrogen-bond donors (Lipinski definition) is 2. The third-order valence-electron chi connectivity index (χ3n) is 4.08. The molecule has 0 bridgehead atoms. The first kappa shape index (κ1) is 10.0. The van der Waals surface area contributed by atoms with Crippen molar-refractivity contribution in [2.45, 2.75) is 0 Å². The molecule has 0 saturated carbocycles. The van der Waals surface area contributed by atoms with E-state index in [2.05, 4.69) is 59.2 Å². The van der Waals surface area contributed by atoms with Crippen molar-refractivity contribution < 1.29 is 0 Å². The number of hydrogen-bond acceptors (Lipinski definition) is 2. The van der Waals surface area contributed by atoms with Crippen LogP contribution in [0.3, 0.4) is 0 Å². The van der Waals surface area contributed by atoms with Gasteiger partial charge in [0.25, 0.3) is 0 Å². The number of fused-ring (bicyclic) bond motifs is 3. The average molecular weight is 236 g/mol. The minimum Gasteiger partial charge on any atom is -0.382 e. The second kappa shape index (κ2) is 3.77. The van der Waals surface area contributed by atoms with Gasteiger partial charge < -0.3 is 10.6 Å². The fourth-order valence-corrected chi connectivity index (χ4v) is 3.16. The van der Waals surface area contributed by atoms with Crippen molar-refractivity contribution in [3.63, 3.8) is 0 Å². The van der Waals surface area contributed by atoms with Gasteiger partial charge in [-0.25, -0.2) is 0 Å². The number of allylic oxidation sites excluding steroid dienone is 6. The maximum absolute atomic E-state index is 3.61. The molecule has 0 spiro atoms. The van der Waals surface area contributed by atoms with Crippen molar-refractivity contribution in [1.29, 1.82) is 0 Å². The lowest BCUT2D eigenvalue weighted by Gasteiger charge is -2.37. The van der Waals surface area contributed by atoms with Gasteiger partial charge in [-0.05, 0) is 11.1 Å². The van der Waals surface area contributed by atoms with Crippen LogP contribution < -0.4 is 10.6 Å². The summed E-state index contributed by atoms with van der Waals surface area (Å²) in [5.74, 6) is 1.03. The molecule has 0 aromatic carbocycles. The van der Waals surface area contributed by atoms with Gasteiger partial charge in [-0.2, -0.15) is 0 Å². The van der Waals surface area contributed by atoms with Crippen molar-refractivity contribution in [3.8, 4) is 0 Å². The molecule has 2 nitrogen and oxygen atoms in total. The van der Waals surface area contributed by atoms with Crippen LogP contribution in [0.1, 0.15) is 0 Å². The summed E-state index contributed by atoms with van der Waals surface area (Å²) in [6, 6.07) is 0. The molecular weight excluding hydrogens is 220 g/mol. The summed E-state index contributed by atoms with van der Waals surface area (Å²) in [7, 11) is 0. The van der Waals surface area contributed by atoms with Gasteiger partial charge in [-0.1, -0.05) is 48.6 Å². The maximum atomic E-state index is 3.61. The Hall–Kier alpha value is -1.96. The number of rotatable bonds is 0. The van der Waals surface area contributed by atoms with E-state index in [1.165, 1.54) is 22.5 Å². The van der Waals surface area contributed by atoms with E-state index in [0.29, 0.717) is 11.8 Å². The monoisotopic (exact) mass is 236 g/mol. The fourth-order valence-electron chi connectivity index (χ4n) is 3.16. The lowest BCUT2D eigenvalue weighted by molar-refractivity contribution is 0.557. The van der Waals surface area contributed by atoms with Crippen molar-refractivity contribution in [3.05, 3.63) is 71.1 Å². The molecule has 2 aliphatic carbocycles. The summed E-state index contributed by atoms with van der Waals surface area (Å²) in [4.78, 5) is 0. The molecule has 2 heteroatoms. The average Bonchev–Trinajstić information content (AvgIpc) is 2.46. The Labute approximate surface area is 107 Å². The van der Waals surface area contributed by atoms with Gasteiger partial charge in [0.2, 0.25) is 0 Å². The van der Waals surface area contributed by atoms with Crippen LogP contribution in [0.25, 0.3) is 0 Å². The molecule has 0 aromatic heterocycles. The Morgan fingerprint density at radius 2 is 1.22 bits per heavy atom. The predicted octanol–water partition coefficient (Wildman–Crippen LogP) is 2.19. The topological polar surface area (TPSA) is 24.1 Å². The molecule has 2 N–H and O–H groups in total. The highest BCUT2D eigenvalue weighted by Gasteiger charge is 2.30. The summed E-state index contributed by atoms with van der Waals surface area (Å²) in [6.07, 6.45) is 17.6. The summed E-state index contributed by atoms with van der Waals surface area (Å²) >= 11 is 0. The Balaban J connectivity index is 1.88. The molecule has 90 valence electrons. The summed E-state index contributed by atoms with van der Waals surface area (Å²) in [5.41, 5.74) is 5.47. The Morgan fingerprint density at radius 3 is 1.72 bits per heavy atom. The zero-order valence-electron chi connectivity index (χ0n) is 10.2. The van der Waals surface area contributed by atoms with E-state index in [4.69, 9.17) is 0 Å². The molecule has 0 aromatic rings. The lowest BCUT2D eigenvalue weighted by atomic mass is 9.82. The van der Waals surface area contributed by atoms with Crippen LogP contribution in [0.2, 0.25) is 0 Å². The fraction of sp³-hybridized carbons (Fsp3) is 0.250. The zero-order chi connectivity index (χ0) is 11.9. The molecule has 2 aliphatic heterocycles. The first-order chi connectivity index (χ1) is 8.93. The largest absolute Gasteiger partial charge is 0.382 e. The van der Waals surface area contributed by atoms with Gasteiger partial charge in [0.1, 0.15) is 0 Å². The van der Waals surface area contributed by atoms with Gasteiger partial charge in [0, 0.05) is 24.9 Å². The van der Waals surface area contributed by atoms with Crippen LogP contribution in [0.15, 0.2) is 71.1 Å². The SMILES string of the molecule is C1=CC2=C3NC[C@H]4C=CC=CC4=C3NC[C@H]2C=C1. The highest BCUT2D eigenvalue weighted by Crippen LogP contribution is 2.35. The van der Waals surface area contributed by atoms with E-state index in [9.17, 15) is 0 Å². The molecule has 2 heterocycles. The molecule has 4 aliphatic rings. The van der Waals surface area contributed by atoms with E-state index in [0.717, 1.165) is 13.1 Å². The van der Waals surface area contributed by atoms with Crippen LogP contribution in [0, 0.1) is 11.8 Å². The third kappa shape index (κ3) is 1.35. The molecule has 4 rings (SSSR count). The molecular formula is C16H16N2. The Kier molecular flexibility index (Phi) is 2.10. The first-order valence-electron chi connectivity index (χ1n) is 6.59. The Bertz CT molecular complexity index is 518. The van der Waals surface area contributed by atoms with Crippen LogP contribution in [0.5, 0.6) is 0 Å². The molecule has 18 heavy (non-hydrogen) atoms. The van der Waals surface area contributed by atoms with E-state index in [1.807, 2.05) is 0 Å². The molecule has 0 saturated heterocycles. The molecule has 0 amide bonds. The highest BCUT2D eigenvalue weighted by molar-refractivity contribution is 5.54. The van der Waals surface area contributed by atoms with Gasteiger partial charge in [-0.15, -0.1) is 0 Å². The van der Waals surface area contributed by atoms with Gasteiger partial charge in [0.05, 0.1) is 11.4 Å². The van der Waals surface area contributed by atoms with E-state index < -0.39 is 0 Å². The number of nitrogens with one attached hydrogen (secondary N) is 2. The van der Waals surface area contributed by atoms with E-state index in [1.54, 1.807) is 0 Å². The first-order valence-corrected chi connectivity index (χ1v) is 6.59. The maximum Gasteiger partial charge on any atom is 0.0618 e. The minimum absolute atomic E-state index is 0.515. The highest BCUT2D eigenvalue weighted by atomic mass is 15.0. The van der Waals surface area contributed by atoms with Crippen LogP contribution in [0.4, 0.5) is 0 Å². The smallest absolute Gasteiger partial charge is 0.0618 e. The van der Waals surface area contributed by atoms with E-state index in [-0.39, 0.29) is 0 Å². The van der Waals surface area contributed by atoms with Gasteiger partial charge in [0.15, 0.2) is 0 Å². The normalized spacial score (nSPS) is 31.6. The Morgan fingerprint density at radius 1 is 0.722 bits per heavy atom. The van der Waals surface area contributed by atoms with Gasteiger partial charge >= 0.3 is 0 Å². The van der Waals surface area contributed by atoms with Gasteiger partial charge in [-0.3, -0.25) is 0 Å². The van der Waals surface area contributed by atoms with E-state index >= 15 is 0 Å². The standard InChI is InChI=1S/C16H16N2/c1-3-7-13-11(5-1)9-17-16-14-8-4-2-6-12(14)10-18-15(13)16/h1-8,11-12,17-18H,9-10H2/t11-,12-/m1/s1. The van der Waals surface area contributed by atoms with Crippen molar-refractivity contribution in [2.24, 2.45) is 11.8 Å². The minimum atomic E-state index is 0.515. The van der Waals surface area contributed by atoms with Crippen molar-refractivity contribution in [2.75, 3.05) is 13.1 Å². The zero-order valence-corrected chi connectivity index (χ0v) is 10.2. The lowest BCUT2D eigenvalue weighted by Crippen LogP contribution is -2.42. The van der Waals surface area contributed by atoms with Crippen molar-refractivity contribution >= 4 is 0 Å². The summed E-state index contributed by atoms with van der Waals surface area (Å²) in [5, 5.41) is 7.22. The summed E-state index contributed by atoms with van der Waals surface area (Å²) in [6.45, 7) is 2.01. The van der Waals surface area contributed by atoms with Crippen LogP contribution in [-0.2, 0) is 0 Å². The molecule has 0 unspecified atom stereocenters.